The Kier molecular flexibility index (Phi) is 6.49. The van der Waals surface area contributed by atoms with Gasteiger partial charge in [0, 0.05) is 15.6 Å². The summed E-state index contributed by atoms with van der Waals surface area (Å²) < 4.78 is 6.75. The van der Waals surface area contributed by atoms with Gasteiger partial charge in [-0.05, 0) is 67.1 Å². The minimum absolute atomic E-state index is 0.220. The highest BCUT2D eigenvalue weighted by Gasteiger charge is 2.21. The van der Waals surface area contributed by atoms with E-state index in [1.807, 2.05) is 0 Å². The van der Waals surface area contributed by atoms with Gasteiger partial charge < -0.3 is 10.1 Å². The van der Waals surface area contributed by atoms with Crippen LogP contribution in [0, 0.1) is 6.92 Å². The van der Waals surface area contributed by atoms with Gasteiger partial charge in [0.05, 0.1) is 18.4 Å². The molecule has 0 aliphatic rings. The number of aromatic nitrogens is 2. The zero-order valence-corrected chi connectivity index (χ0v) is 19.3. The smallest absolute Gasteiger partial charge is 0.256 e. The van der Waals surface area contributed by atoms with Crippen LogP contribution in [0.1, 0.15) is 16.1 Å². The maximum absolute atomic E-state index is 13.3. The van der Waals surface area contributed by atoms with Gasteiger partial charge >= 0.3 is 0 Å². The van der Waals surface area contributed by atoms with Crippen molar-refractivity contribution in [2.75, 3.05) is 12.4 Å². The molecule has 0 aliphatic carbocycles. The number of amides is 1. The summed E-state index contributed by atoms with van der Waals surface area (Å²) in [6, 6.07) is 20.5. The second-order valence-corrected chi connectivity index (χ2v) is 8.09. The minimum atomic E-state index is -0.415. The molecule has 0 bridgehead atoms. The molecule has 1 aromatic heterocycles. The molecule has 0 saturated heterocycles. The molecular formula is C25H19Cl2N3O3. The van der Waals surface area contributed by atoms with E-state index in [0.29, 0.717) is 38.2 Å². The average molecular weight is 480 g/mol. The summed E-state index contributed by atoms with van der Waals surface area (Å²) in [4.78, 5) is 26.4. The van der Waals surface area contributed by atoms with E-state index in [4.69, 9.17) is 27.9 Å². The number of ether oxygens (including phenoxy) is 1. The van der Waals surface area contributed by atoms with Gasteiger partial charge in [0.2, 0.25) is 5.43 Å². The van der Waals surface area contributed by atoms with Gasteiger partial charge in [0.1, 0.15) is 17.3 Å². The van der Waals surface area contributed by atoms with Crippen molar-refractivity contribution in [3.05, 3.63) is 104 Å². The van der Waals surface area contributed by atoms with Crippen LogP contribution in [0.25, 0.3) is 16.8 Å². The zero-order valence-electron chi connectivity index (χ0n) is 17.8. The number of nitrogens with zero attached hydrogens (tertiary/aromatic N) is 2. The topological polar surface area (TPSA) is 73.2 Å². The van der Waals surface area contributed by atoms with Crippen LogP contribution >= 0.6 is 23.2 Å². The van der Waals surface area contributed by atoms with E-state index in [1.165, 1.54) is 4.68 Å². The zero-order chi connectivity index (χ0) is 23.5. The van der Waals surface area contributed by atoms with Crippen molar-refractivity contribution >= 4 is 34.9 Å². The highest BCUT2D eigenvalue weighted by atomic mass is 35.5. The lowest BCUT2D eigenvalue weighted by atomic mass is 10.0. The Hall–Kier alpha value is -3.61. The third-order valence-electron chi connectivity index (χ3n) is 5.02. The number of carbonyl (C=O) groups excluding carboxylic acids is 1. The van der Waals surface area contributed by atoms with Crippen molar-refractivity contribution in [2.45, 2.75) is 6.92 Å². The lowest BCUT2D eigenvalue weighted by Crippen LogP contribution is -2.25. The van der Waals surface area contributed by atoms with Gasteiger partial charge in [-0.3, -0.25) is 9.59 Å². The summed E-state index contributed by atoms with van der Waals surface area (Å²) in [5, 5.41) is 8.33. The quantitative estimate of drug-likeness (QED) is 0.393. The molecule has 0 unspecified atom stereocenters. The number of aryl methyl sites for hydroxylation is 1. The highest BCUT2D eigenvalue weighted by Crippen LogP contribution is 2.29. The van der Waals surface area contributed by atoms with Gasteiger partial charge in [-0.25, -0.2) is 4.68 Å². The third-order valence-corrected chi connectivity index (χ3v) is 5.51. The molecule has 166 valence electrons. The number of anilines is 1. The van der Waals surface area contributed by atoms with Crippen molar-refractivity contribution in [1.29, 1.82) is 0 Å². The van der Waals surface area contributed by atoms with Crippen molar-refractivity contribution in [1.82, 2.24) is 9.78 Å². The second kappa shape index (κ2) is 9.48. The predicted octanol–water partition coefficient (Wildman–Crippen LogP) is 5.78. The van der Waals surface area contributed by atoms with E-state index in [1.54, 1.807) is 86.8 Å². The van der Waals surface area contributed by atoms with Gasteiger partial charge in [-0.1, -0.05) is 41.4 Å². The minimum Gasteiger partial charge on any atom is -0.497 e. The molecule has 33 heavy (non-hydrogen) atoms. The maximum atomic E-state index is 13.3. The SMILES string of the molecule is COc1ccc(-c2c(NC(=O)c3ccc(Cl)cc3)n(-c3cccc(Cl)c3)nc(C)c2=O)cc1. The lowest BCUT2D eigenvalue weighted by Gasteiger charge is -2.18. The number of hydrogen-bond acceptors (Lipinski definition) is 4. The largest absolute Gasteiger partial charge is 0.497 e. The number of carbonyl (C=O) groups is 1. The molecule has 0 fully saturated rings. The van der Waals surface area contributed by atoms with Crippen LogP contribution in [-0.4, -0.2) is 22.8 Å². The van der Waals surface area contributed by atoms with E-state index in [9.17, 15) is 9.59 Å². The van der Waals surface area contributed by atoms with Gasteiger partial charge in [0.25, 0.3) is 5.91 Å². The molecular weight excluding hydrogens is 461 g/mol. The Morgan fingerprint density at radius 3 is 2.30 bits per heavy atom. The number of nitrogens with one attached hydrogen (secondary N) is 1. The van der Waals surface area contributed by atoms with E-state index in [-0.39, 0.29) is 16.9 Å². The molecule has 1 N–H and O–H groups in total. The first-order chi connectivity index (χ1) is 15.9. The molecule has 1 heterocycles. The Bertz CT molecular complexity index is 1380. The fourth-order valence-corrected chi connectivity index (χ4v) is 3.67. The summed E-state index contributed by atoms with van der Waals surface area (Å²) in [5.74, 6) is 0.451. The summed E-state index contributed by atoms with van der Waals surface area (Å²) in [7, 11) is 1.56. The van der Waals surface area contributed by atoms with E-state index in [0.717, 1.165) is 0 Å². The molecule has 0 saturated carbocycles. The van der Waals surface area contributed by atoms with Crippen LogP contribution in [-0.2, 0) is 0 Å². The standard InChI is InChI=1S/C25H19Cl2N3O3/c1-15-23(31)22(16-8-12-21(33-2)13-9-16)24(28-25(32)17-6-10-18(26)11-7-17)30(29-15)20-5-3-4-19(27)14-20/h3-14H,1-2H3,(H,28,32). The molecule has 4 rings (SSSR count). The first kappa shape index (κ1) is 22.6. The van der Waals surface area contributed by atoms with Crippen molar-refractivity contribution < 1.29 is 9.53 Å². The molecule has 4 aromatic rings. The molecule has 0 aliphatic heterocycles. The van der Waals surface area contributed by atoms with Crippen LogP contribution in [0.2, 0.25) is 10.0 Å². The second-order valence-electron chi connectivity index (χ2n) is 7.22. The molecule has 8 heteroatoms. The van der Waals surface area contributed by atoms with Crippen LogP contribution in [0.4, 0.5) is 5.82 Å². The number of methoxy groups -OCH3 is 1. The van der Waals surface area contributed by atoms with Crippen LogP contribution in [0.15, 0.2) is 77.6 Å². The average Bonchev–Trinajstić information content (AvgIpc) is 2.82. The van der Waals surface area contributed by atoms with Crippen LogP contribution < -0.4 is 15.5 Å². The molecule has 3 aromatic carbocycles. The molecule has 0 radical (unpaired) electrons. The fraction of sp³-hybridized carbons (Fsp3) is 0.0800. The maximum Gasteiger partial charge on any atom is 0.256 e. The van der Waals surface area contributed by atoms with Gasteiger partial charge in [-0.2, -0.15) is 5.10 Å². The number of rotatable bonds is 5. The summed E-state index contributed by atoms with van der Waals surface area (Å²) >= 11 is 12.2. The first-order valence-corrected chi connectivity index (χ1v) is 10.7. The van der Waals surface area contributed by atoms with E-state index < -0.39 is 5.91 Å². The van der Waals surface area contributed by atoms with Crippen molar-refractivity contribution in [3.8, 4) is 22.6 Å². The fourth-order valence-electron chi connectivity index (χ4n) is 3.36. The molecule has 0 atom stereocenters. The molecule has 1 amide bonds. The summed E-state index contributed by atoms with van der Waals surface area (Å²) in [5.41, 5.74) is 1.84. The Morgan fingerprint density at radius 2 is 1.67 bits per heavy atom. The number of hydrogen-bond donors (Lipinski definition) is 1. The normalized spacial score (nSPS) is 10.7. The van der Waals surface area contributed by atoms with Gasteiger partial charge in [-0.15, -0.1) is 0 Å². The predicted molar refractivity (Wildman–Crippen MR) is 131 cm³/mol. The van der Waals surface area contributed by atoms with Crippen molar-refractivity contribution in [3.63, 3.8) is 0 Å². The van der Waals surface area contributed by atoms with E-state index >= 15 is 0 Å². The van der Waals surface area contributed by atoms with Crippen LogP contribution in [0.3, 0.4) is 0 Å². The van der Waals surface area contributed by atoms with Gasteiger partial charge in [0.15, 0.2) is 0 Å². The first-order valence-electron chi connectivity index (χ1n) is 9.98. The highest BCUT2D eigenvalue weighted by molar-refractivity contribution is 6.31. The lowest BCUT2D eigenvalue weighted by molar-refractivity contribution is 0.102. The summed E-state index contributed by atoms with van der Waals surface area (Å²) in [6.07, 6.45) is 0. The molecule has 6 nitrogen and oxygen atoms in total. The summed E-state index contributed by atoms with van der Waals surface area (Å²) in [6.45, 7) is 1.63. The number of benzene rings is 3. The monoisotopic (exact) mass is 479 g/mol. The Labute approximate surface area is 200 Å². The molecule has 0 spiro atoms. The van der Waals surface area contributed by atoms with Crippen LogP contribution in [0.5, 0.6) is 5.75 Å². The van der Waals surface area contributed by atoms with E-state index in [2.05, 4.69) is 10.4 Å². The van der Waals surface area contributed by atoms with Crippen molar-refractivity contribution in [2.24, 2.45) is 0 Å². The Morgan fingerprint density at radius 1 is 0.970 bits per heavy atom. The number of halogens is 2. The third kappa shape index (κ3) is 4.77. The Balaban J connectivity index is 1.94.